The molecule has 0 spiro atoms. The van der Waals surface area contributed by atoms with Crippen molar-refractivity contribution in [2.45, 2.75) is 26.9 Å². The van der Waals surface area contributed by atoms with Crippen molar-refractivity contribution in [3.63, 3.8) is 0 Å². The van der Waals surface area contributed by atoms with Crippen molar-refractivity contribution >= 4 is 16.9 Å². The van der Waals surface area contributed by atoms with Gasteiger partial charge in [0.25, 0.3) is 11.5 Å². The molecular formula is C26H25N3O3. The van der Waals surface area contributed by atoms with Crippen LogP contribution in [0.15, 0.2) is 77.6 Å². The number of nitrogens with zero attached hydrogens (tertiary/aromatic N) is 2. The van der Waals surface area contributed by atoms with E-state index in [1.807, 2.05) is 61.5 Å². The lowest BCUT2D eigenvalue weighted by Crippen LogP contribution is -2.25. The first-order valence-electron chi connectivity index (χ1n) is 10.6. The number of ether oxygens (including phenoxy) is 1. The topological polar surface area (TPSA) is 73.2 Å². The fraction of sp³-hybridized carbons (Fsp3) is 0.192. The Morgan fingerprint density at radius 2 is 1.75 bits per heavy atom. The number of fused-ring (bicyclic) bond motifs is 1. The number of hydrogen-bond acceptors (Lipinski definition) is 4. The second kappa shape index (κ2) is 9.47. The van der Waals surface area contributed by atoms with E-state index in [1.54, 1.807) is 29.7 Å². The van der Waals surface area contributed by atoms with Gasteiger partial charge in [0.15, 0.2) is 0 Å². The van der Waals surface area contributed by atoms with E-state index < -0.39 is 0 Å². The van der Waals surface area contributed by atoms with Crippen LogP contribution in [0.3, 0.4) is 0 Å². The molecule has 1 heterocycles. The third-order valence-corrected chi connectivity index (χ3v) is 5.24. The third-order valence-electron chi connectivity index (χ3n) is 5.24. The third kappa shape index (κ3) is 4.70. The summed E-state index contributed by atoms with van der Waals surface area (Å²) in [6.07, 6.45) is 0. The molecule has 0 unspecified atom stereocenters. The smallest absolute Gasteiger partial charge is 0.272 e. The minimum atomic E-state index is -0.193. The van der Waals surface area contributed by atoms with Crippen LogP contribution in [0, 0.1) is 6.92 Å². The standard InChI is InChI=1S/C26H25N3O3/c1-3-32-22-12-9-19(10-13-22)16-27-25(30)21-11-14-24-23(15-21)28-18(2)26(31)29(24)17-20-7-5-4-6-8-20/h4-15H,3,16-17H2,1-2H3,(H,27,30). The van der Waals surface area contributed by atoms with Crippen molar-refractivity contribution in [2.75, 3.05) is 6.61 Å². The molecular weight excluding hydrogens is 402 g/mol. The highest BCUT2D eigenvalue weighted by Crippen LogP contribution is 2.16. The minimum absolute atomic E-state index is 0.131. The fourth-order valence-electron chi connectivity index (χ4n) is 3.59. The van der Waals surface area contributed by atoms with Crippen molar-refractivity contribution < 1.29 is 9.53 Å². The molecule has 0 aliphatic heterocycles. The molecule has 3 aromatic carbocycles. The van der Waals surface area contributed by atoms with E-state index in [1.165, 1.54) is 0 Å². The number of amides is 1. The monoisotopic (exact) mass is 427 g/mol. The minimum Gasteiger partial charge on any atom is -0.494 e. The summed E-state index contributed by atoms with van der Waals surface area (Å²) in [4.78, 5) is 29.9. The Balaban J connectivity index is 1.55. The van der Waals surface area contributed by atoms with E-state index in [9.17, 15) is 9.59 Å². The summed E-state index contributed by atoms with van der Waals surface area (Å²) < 4.78 is 7.15. The molecule has 6 heteroatoms. The number of hydrogen-bond donors (Lipinski definition) is 1. The van der Waals surface area contributed by atoms with Crippen LogP contribution in [0.25, 0.3) is 11.0 Å². The van der Waals surface area contributed by atoms with Crippen molar-refractivity contribution in [3.05, 3.63) is 106 Å². The lowest BCUT2D eigenvalue weighted by molar-refractivity contribution is 0.0951. The van der Waals surface area contributed by atoms with Crippen LogP contribution >= 0.6 is 0 Å². The molecule has 0 aliphatic rings. The van der Waals surface area contributed by atoms with Gasteiger partial charge in [-0.1, -0.05) is 42.5 Å². The molecule has 0 fully saturated rings. The van der Waals surface area contributed by atoms with Crippen LogP contribution in [0.4, 0.5) is 0 Å². The van der Waals surface area contributed by atoms with Gasteiger partial charge in [-0.2, -0.15) is 0 Å². The van der Waals surface area contributed by atoms with Crippen molar-refractivity contribution in [1.82, 2.24) is 14.9 Å². The average molecular weight is 428 g/mol. The molecule has 0 saturated heterocycles. The summed E-state index contributed by atoms with van der Waals surface area (Å²) in [5.41, 5.74) is 4.10. The van der Waals surface area contributed by atoms with Gasteiger partial charge < -0.3 is 14.6 Å². The molecule has 0 radical (unpaired) electrons. The highest BCUT2D eigenvalue weighted by Gasteiger charge is 2.12. The summed E-state index contributed by atoms with van der Waals surface area (Å²) >= 11 is 0. The molecule has 0 aliphatic carbocycles. The van der Waals surface area contributed by atoms with Crippen molar-refractivity contribution in [2.24, 2.45) is 0 Å². The van der Waals surface area contributed by atoms with Gasteiger partial charge in [-0.25, -0.2) is 4.98 Å². The summed E-state index contributed by atoms with van der Waals surface area (Å²) in [6.45, 7) is 5.10. The molecule has 0 bridgehead atoms. The number of rotatable bonds is 7. The maximum atomic E-state index is 12.7. The van der Waals surface area contributed by atoms with E-state index in [0.29, 0.717) is 42.0 Å². The Labute approximate surface area is 186 Å². The number of nitrogens with one attached hydrogen (secondary N) is 1. The molecule has 162 valence electrons. The van der Waals surface area contributed by atoms with Gasteiger partial charge in [0.05, 0.1) is 24.2 Å². The highest BCUT2D eigenvalue weighted by molar-refractivity contribution is 5.97. The SMILES string of the molecule is CCOc1ccc(CNC(=O)c2ccc3c(c2)nc(C)c(=O)n3Cc2ccccc2)cc1. The molecule has 4 aromatic rings. The quantitative estimate of drug-likeness (QED) is 0.482. The molecule has 0 saturated carbocycles. The zero-order valence-electron chi connectivity index (χ0n) is 18.2. The second-order valence-corrected chi connectivity index (χ2v) is 7.54. The molecule has 1 N–H and O–H groups in total. The Morgan fingerprint density at radius 3 is 2.47 bits per heavy atom. The number of carbonyl (C=O) groups excluding carboxylic acids is 1. The molecule has 0 atom stereocenters. The zero-order chi connectivity index (χ0) is 22.5. The number of aryl methyl sites for hydroxylation is 1. The number of benzene rings is 3. The van der Waals surface area contributed by atoms with Crippen molar-refractivity contribution in [1.29, 1.82) is 0 Å². The molecule has 6 nitrogen and oxygen atoms in total. The molecule has 32 heavy (non-hydrogen) atoms. The average Bonchev–Trinajstić information content (AvgIpc) is 2.82. The van der Waals surface area contributed by atoms with Gasteiger partial charge in [-0.3, -0.25) is 9.59 Å². The van der Waals surface area contributed by atoms with E-state index >= 15 is 0 Å². The van der Waals surface area contributed by atoms with Crippen LogP contribution in [0.2, 0.25) is 0 Å². The Hall–Kier alpha value is -3.93. The predicted molar refractivity (Wildman–Crippen MR) is 125 cm³/mol. The Kier molecular flexibility index (Phi) is 6.31. The molecule has 4 rings (SSSR count). The van der Waals surface area contributed by atoms with Gasteiger partial charge in [-0.05, 0) is 55.3 Å². The van der Waals surface area contributed by atoms with E-state index in [2.05, 4.69) is 10.3 Å². The van der Waals surface area contributed by atoms with Gasteiger partial charge >= 0.3 is 0 Å². The first kappa shape index (κ1) is 21.3. The first-order valence-corrected chi connectivity index (χ1v) is 10.6. The maximum Gasteiger partial charge on any atom is 0.272 e. The van der Waals surface area contributed by atoms with E-state index in [4.69, 9.17) is 4.74 Å². The molecule has 1 amide bonds. The van der Waals surface area contributed by atoms with Crippen LogP contribution < -0.4 is 15.6 Å². The van der Waals surface area contributed by atoms with Crippen LogP contribution in [0.1, 0.15) is 34.1 Å². The van der Waals surface area contributed by atoms with Gasteiger partial charge in [0.1, 0.15) is 11.4 Å². The van der Waals surface area contributed by atoms with Gasteiger partial charge in [-0.15, -0.1) is 0 Å². The van der Waals surface area contributed by atoms with E-state index in [0.717, 1.165) is 16.9 Å². The lowest BCUT2D eigenvalue weighted by Gasteiger charge is -2.12. The fourth-order valence-corrected chi connectivity index (χ4v) is 3.59. The second-order valence-electron chi connectivity index (χ2n) is 7.54. The normalized spacial score (nSPS) is 10.8. The van der Waals surface area contributed by atoms with Crippen LogP contribution in [-0.2, 0) is 13.1 Å². The maximum absolute atomic E-state index is 12.7. The summed E-state index contributed by atoms with van der Waals surface area (Å²) in [7, 11) is 0. The number of carbonyl (C=O) groups is 1. The zero-order valence-corrected chi connectivity index (χ0v) is 18.2. The van der Waals surface area contributed by atoms with E-state index in [-0.39, 0.29) is 11.5 Å². The van der Waals surface area contributed by atoms with Crippen molar-refractivity contribution in [3.8, 4) is 5.75 Å². The Bertz CT molecular complexity index is 1300. The Morgan fingerprint density at radius 1 is 1.00 bits per heavy atom. The summed E-state index contributed by atoms with van der Waals surface area (Å²) in [5, 5.41) is 2.94. The lowest BCUT2D eigenvalue weighted by atomic mass is 10.1. The largest absolute Gasteiger partial charge is 0.494 e. The highest BCUT2D eigenvalue weighted by atomic mass is 16.5. The predicted octanol–water partition coefficient (Wildman–Crippen LogP) is 4.08. The van der Waals surface area contributed by atoms with Gasteiger partial charge in [0, 0.05) is 12.1 Å². The summed E-state index contributed by atoms with van der Waals surface area (Å²) in [5.74, 6) is 0.612. The molecule has 1 aromatic heterocycles. The summed E-state index contributed by atoms with van der Waals surface area (Å²) in [6, 6.07) is 22.7. The van der Waals surface area contributed by atoms with Gasteiger partial charge in [0.2, 0.25) is 0 Å². The number of aromatic nitrogens is 2. The first-order chi connectivity index (χ1) is 15.5. The van der Waals surface area contributed by atoms with Crippen LogP contribution in [0.5, 0.6) is 5.75 Å². The van der Waals surface area contributed by atoms with Crippen LogP contribution in [-0.4, -0.2) is 22.1 Å².